The number of urea groups is 1. The summed E-state index contributed by atoms with van der Waals surface area (Å²) in [5, 5.41) is 3.73. The van der Waals surface area contributed by atoms with E-state index in [2.05, 4.69) is 5.32 Å². The zero-order chi connectivity index (χ0) is 19.6. The number of halogens is 2. The van der Waals surface area contributed by atoms with Gasteiger partial charge < -0.3 is 5.32 Å². The fraction of sp³-hybridized carbons (Fsp3) is 0.333. The summed E-state index contributed by atoms with van der Waals surface area (Å²) in [5.74, 6) is -1.30. The van der Waals surface area contributed by atoms with Crippen molar-refractivity contribution >= 4 is 52.6 Å². The maximum Gasteiger partial charge on any atom is 0.501 e. The van der Waals surface area contributed by atoms with E-state index in [0.29, 0.717) is 24.4 Å². The molecule has 0 aromatic heterocycles. The SMILES string of the molecule is CCCCN1C(=O)C2SC=CC2=[N+](CC(=O)Nc2ccc(F)c(Cl)c2)C1=O. The topological polar surface area (TPSA) is 69.5 Å². The van der Waals surface area contributed by atoms with Gasteiger partial charge in [-0.05, 0) is 36.1 Å². The van der Waals surface area contributed by atoms with Crippen molar-refractivity contribution in [2.24, 2.45) is 0 Å². The van der Waals surface area contributed by atoms with E-state index in [1.807, 2.05) is 6.92 Å². The molecule has 2 aliphatic rings. The highest BCUT2D eigenvalue weighted by Crippen LogP contribution is 2.28. The standard InChI is InChI=1S/C18H17ClFN3O3S/c1-2-3-7-22-17(25)16-14(6-8-27-16)23(18(22)26)10-15(24)21-11-4-5-13(20)12(19)9-11/h4-6,8-9,16H,2-3,7,10H2,1H3/p+1. The van der Waals surface area contributed by atoms with Crippen LogP contribution in [0.2, 0.25) is 5.02 Å². The number of nitrogens with one attached hydrogen (secondary N) is 1. The Morgan fingerprint density at radius 1 is 1.41 bits per heavy atom. The predicted octanol–water partition coefficient (Wildman–Crippen LogP) is 3.26. The molecule has 0 fully saturated rings. The average Bonchev–Trinajstić information content (AvgIpc) is 3.12. The third-order valence-electron chi connectivity index (χ3n) is 4.23. The third-order valence-corrected chi connectivity index (χ3v) is 5.52. The number of thioether (sulfide) groups is 1. The number of fused-ring (bicyclic) bond motifs is 1. The van der Waals surface area contributed by atoms with E-state index >= 15 is 0 Å². The summed E-state index contributed by atoms with van der Waals surface area (Å²) in [6.45, 7) is 2.05. The first kappa shape index (κ1) is 19.6. The fourth-order valence-corrected chi connectivity index (χ4v) is 4.00. The summed E-state index contributed by atoms with van der Waals surface area (Å²) in [6, 6.07) is 3.33. The lowest BCUT2D eigenvalue weighted by Gasteiger charge is -2.24. The summed E-state index contributed by atoms with van der Waals surface area (Å²) in [4.78, 5) is 39.0. The summed E-state index contributed by atoms with van der Waals surface area (Å²) in [6.07, 6.45) is 3.23. The van der Waals surface area contributed by atoms with Crippen LogP contribution in [0.25, 0.3) is 0 Å². The molecular weight excluding hydrogens is 393 g/mol. The lowest BCUT2D eigenvalue weighted by atomic mass is 10.1. The van der Waals surface area contributed by atoms with Crippen LogP contribution < -0.4 is 5.32 Å². The lowest BCUT2D eigenvalue weighted by Crippen LogP contribution is -2.56. The number of amides is 4. The van der Waals surface area contributed by atoms with Gasteiger partial charge in [-0.1, -0.05) is 24.9 Å². The minimum absolute atomic E-state index is 0.109. The number of hydrogen-bond acceptors (Lipinski definition) is 4. The van der Waals surface area contributed by atoms with Crippen LogP contribution in [0.5, 0.6) is 0 Å². The number of unbranched alkanes of at least 4 members (excludes halogenated alkanes) is 1. The number of nitrogens with zero attached hydrogens (tertiary/aromatic N) is 2. The molecule has 27 heavy (non-hydrogen) atoms. The Balaban J connectivity index is 1.80. The summed E-state index contributed by atoms with van der Waals surface area (Å²) in [5.41, 5.74) is 0.836. The van der Waals surface area contributed by atoms with Crippen LogP contribution in [-0.4, -0.2) is 51.4 Å². The van der Waals surface area contributed by atoms with Crippen molar-refractivity contribution in [2.75, 3.05) is 18.4 Å². The molecule has 1 unspecified atom stereocenters. The number of benzene rings is 1. The van der Waals surface area contributed by atoms with Crippen molar-refractivity contribution in [1.82, 2.24) is 4.90 Å². The monoisotopic (exact) mass is 410 g/mol. The Labute approximate surface area is 165 Å². The Morgan fingerprint density at radius 2 is 2.19 bits per heavy atom. The quantitative estimate of drug-likeness (QED) is 0.731. The molecule has 2 aliphatic heterocycles. The second kappa shape index (κ2) is 8.22. The predicted molar refractivity (Wildman–Crippen MR) is 103 cm³/mol. The number of imide groups is 1. The highest BCUT2D eigenvalue weighted by atomic mass is 35.5. The molecule has 6 nitrogen and oxygen atoms in total. The highest BCUT2D eigenvalue weighted by molar-refractivity contribution is 8.04. The maximum absolute atomic E-state index is 13.2. The molecule has 2 heterocycles. The first-order chi connectivity index (χ1) is 12.9. The second-order valence-corrected chi connectivity index (χ2v) is 7.56. The average molecular weight is 411 g/mol. The van der Waals surface area contributed by atoms with Crippen LogP contribution in [-0.2, 0) is 9.59 Å². The third kappa shape index (κ3) is 4.06. The highest BCUT2D eigenvalue weighted by Gasteiger charge is 2.49. The molecule has 1 aromatic rings. The molecule has 1 atom stereocenters. The van der Waals surface area contributed by atoms with Gasteiger partial charge in [0.15, 0.2) is 11.8 Å². The Bertz CT molecular complexity index is 871. The maximum atomic E-state index is 13.2. The second-order valence-electron chi connectivity index (χ2n) is 6.13. The summed E-state index contributed by atoms with van der Waals surface area (Å²) in [7, 11) is 0. The molecule has 0 spiro atoms. The number of carbonyl (C=O) groups excluding carboxylic acids is 3. The van der Waals surface area contributed by atoms with Crippen molar-refractivity contribution in [3.8, 4) is 0 Å². The largest absolute Gasteiger partial charge is 0.501 e. The number of allylic oxidation sites excluding steroid dienone is 1. The van der Waals surface area contributed by atoms with Crippen molar-refractivity contribution in [3.05, 3.63) is 40.5 Å². The molecule has 0 aliphatic carbocycles. The molecule has 9 heteroatoms. The summed E-state index contributed by atoms with van der Waals surface area (Å²) >= 11 is 7.04. The van der Waals surface area contributed by atoms with Gasteiger partial charge in [-0.3, -0.25) is 4.79 Å². The van der Waals surface area contributed by atoms with Crippen molar-refractivity contribution in [1.29, 1.82) is 0 Å². The van der Waals surface area contributed by atoms with Gasteiger partial charge in [0.2, 0.25) is 0 Å². The van der Waals surface area contributed by atoms with E-state index in [1.54, 1.807) is 11.5 Å². The van der Waals surface area contributed by atoms with Crippen LogP contribution in [0.3, 0.4) is 0 Å². The lowest BCUT2D eigenvalue weighted by molar-refractivity contribution is -0.425. The van der Waals surface area contributed by atoms with E-state index < -0.39 is 23.0 Å². The molecule has 1 N–H and O–H groups in total. The van der Waals surface area contributed by atoms with Crippen LogP contribution in [0.4, 0.5) is 14.9 Å². The normalized spacial score (nSPS) is 18.9. The molecule has 0 saturated carbocycles. The fourth-order valence-electron chi connectivity index (χ4n) is 2.85. The molecule has 3 rings (SSSR count). The van der Waals surface area contributed by atoms with Crippen molar-refractivity contribution in [2.45, 2.75) is 25.0 Å². The van der Waals surface area contributed by atoms with Gasteiger partial charge in [0.1, 0.15) is 11.5 Å². The zero-order valence-electron chi connectivity index (χ0n) is 14.6. The number of anilines is 1. The number of rotatable bonds is 6. The van der Waals surface area contributed by atoms with Gasteiger partial charge in [-0.2, -0.15) is 14.3 Å². The van der Waals surface area contributed by atoms with Gasteiger partial charge >= 0.3 is 11.9 Å². The van der Waals surface area contributed by atoms with Crippen molar-refractivity contribution in [3.63, 3.8) is 0 Å². The molecule has 142 valence electrons. The summed E-state index contributed by atoms with van der Waals surface area (Å²) < 4.78 is 14.6. The van der Waals surface area contributed by atoms with Crippen LogP contribution in [0, 0.1) is 5.82 Å². The van der Waals surface area contributed by atoms with E-state index in [0.717, 1.165) is 12.5 Å². The van der Waals surface area contributed by atoms with E-state index in [-0.39, 0.29) is 17.5 Å². The van der Waals surface area contributed by atoms with E-state index in [9.17, 15) is 18.8 Å². The Kier molecular flexibility index (Phi) is 5.96. The van der Waals surface area contributed by atoms with Gasteiger partial charge in [0, 0.05) is 5.69 Å². The van der Waals surface area contributed by atoms with E-state index in [1.165, 1.54) is 33.4 Å². The minimum Gasteiger partial charge on any atom is -0.323 e. The smallest absolute Gasteiger partial charge is 0.323 e. The van der Waals surface area contributed by atoms with E-state index in [4.69, 9.17) is 11.6 Å². The Morgan fingerprint density at radius 3 is 2.89 bits per heavy atom. The van der Waals surface area contributed by atoms with Gasteiger partial charge in [-0.25, -0.2) is 9.18 Å². The van der Waals surface area contributed by atoms with Crippen LogP contribution in [0.1, 0.15) is 19.8 Å². The van der Waals surface area contributed by atoms with Crippen molar-refractivity contribution < 1.29 is 23.3 Å². The van der Waals surface area contributed by atoms with Crippen LogP contribution >= 0.6 is 23.4 Å². The Hall–Kier alpha value is -2.19. The minimum atomic E-state index is -0.586. The molecule has 0 bridgehead atoms. The van der Waals surface area contributed by atoms with Gasteiger partial charge in [-0.15, -0.1) is 11.8 Å². The van der Waals surface area contributed by atoms with Crippen LogP contribution in [0.15, 0.2) is 29.7 Å². The van der Waals surface area contributed by atoms with Gasteiger partial charge in [0.25, 0.3) is 5.91 Å². The molecule has 4 amide bonds. The first-order valence-electron chi connectivity index (χ1n) is 8.49. The zero-order valence-corrected chi connectivity index (χ0v) is 16.1. The molecule has 0 radical (unpaired) electrons. The molecule has 0 saturated heterocycles. The number of hydrogen-bond donors (Lipinski definition) is 1. The number of carbonyl (C=O) groups is 3. The van der Waals surface area contributed by atoms with Gasteiger partial charge in [0.05, 0.1) is 11.6 Å². The first-order valence-corrected chi connectivity index (χ1v) is 9.81. The molecule has 1 aromatic carbocycles. The molecular formula is C18H18ClFN3O3S+.